The zero-order valence-electron chi connectivity index (χ0n) is 11.6. The highest BCUT2D eigenvalue weighted by molar-refractivity contribution is 5.95. The van der Waals surface area contributed by atoms with Crippen molar-refractivity contribution < 1.29 is 9.53 Å². The van der Waals surface area contributed by atoms with Gasteiger partial charge < -0.3 is 10.5 Å². The lowest BCUT2D eigenvalue weighted by molar-refractivity contribution is 0.0126. The van der Waals surface area contributed by atoms with Gasteiger partial charge in [0.15, 0.2) is 0 Å². The van der Waals surface area contributed by atoms with Gasteiger partial charge in [-0.3, -0.25) is 10.2 Å². The molecule has 5 heteroatoms. The summed E-state index contributed by atoms with van der Waals surface area (Å²) in [5.41, 5.74) is 10.6. The maximum atomic E-state index is 12.3. The van der Waals surface area contributed by atoms with Crippen LogP contribution >= 0.6 is 0 Å². The molecule has 0 aromatic heterocycles. The molecule has 1 aliphatic rings. The Kier molecular flexibility index (Phi) is 5.13. The molecule has 5 nitrogen and oxygen atoms in total. The Morgan fingerprint density at radius 2 is 2.20 bits per heavy atom. The monoisotopic (exact) mass is 273 g/mol. The summed E-state index contributed by atoms with van der Waals surface area (Å²) in [5, 5.41) is 1.88. The van der Waals surface area contributed by atoms with Crippen molar-refractivity contribution >= 4 is 5.91 Å². The zero-order chi connectivity index (χ0) is 14.4. The van der Waals surface area contributed by atoms with Crippen LogP contribution in [0.25, 0.3) is 0 Å². The van der Waals surface area contributed by atoms with Gasteiger partial charge in [-0.25, -0.2) is 5.01 Å². The Balaban J connectivity index is 2.11. The van der Waals surface area contributed by atoms with Crippen LogP contribution in [0.5, 0.6) is 0 Å². The van der Waals surface area contributed by atoms with Crippen LogP contribution in [-0.2, 0) is 4.74 Å². The molecule has 0 aliphatic carbocycles. The zero-order valence-corrected chi connectivity index (χ0v) is 11.6. The van der Waals surface area contributed by atoms with E-state index in [1.807, 2.05) is 24.1 Å². The van der Waals surface area contributed by atoms with Crippen LogP contribution in [0.3, 0.4) is 0 Å². The molecule has 1 saturated heterocycles. The number of hydrazine groups is 1. The molecule has 106 valence electrons. The molecule has 1 amide bonds. The van der Waals surface area contributed by atoms with E-state index in [9.17, 15) is 4.79 Å². The molecular formula is C15H19N3O2. The van der Waals surface area contributed by atoms with Crippen LogP contribution in [0.1, 0.15) is 21.5 Å². The minimum atomic E-state index is -0.110. The third-order valence-electron chi connectivity index (χ3n) is 3.09. The van der Waals surface area contributed by atoms with Crippen molar-refractivity contribution in [2.75, 3.05) is 32.8 Å². The first kappa shape index (κ1) is 14.5. The molecule has 0 bridgehead atoms. The summed E-state index contributed by atoms with van der Waals surface area (Å²) in [6.45, 7) is 4.91. The summed E-state index contributed by atoms with van der Waals surface area (Å²) < 4.78 is 5.25. The van der Waals surface area contributed by atoms with Crippen LogP contribution in [0.2, 0.25) is 0 Å². The van der Waals surface area contributed by atoms with Gasteiger partial charge in [-0.15, -0.1) is 0 Å². The Hall–Kier alpha value is -1.87. The van der Waals surface area contributed by atoms with Crippen LogP contribution in [-0.4, -0.2) is 43.8 Å². The van der Waals surface area contributed by atoms with Gasteiger partial charge in [0.25, 0.3) is 5.91 Å². The molecule has 0 radical (unpaired) electrons. The van der Waals surface area contributed by atoms with Gasteiger partial charge in [0.05, 0.1) is 19.8 Å². The number of morpholine rings is 1. The van der Waals surface area contributed by atoms with E-state index in [1.54, 1.807) is 6.07 Å². The first-order valence-electron chi connectivity index (χ1n) is 6.64. The van der Waals surface area contributed by atoms with Crippen LogP contribution in [0.15, 0.2) is 18.2 Å². The molecule has 3 N–H and O–H groups in total. The van der Waals surface area contributed by atoms with Crippen molar-refractivity contribution in [2.45, 2.75) is 6.92 Å². The summed E-state index contributed by atoms with van der Waals surface area (Å²) in [5.74, 6) is 5.62. The standard InChI is InChI=1S/C15H19N3O2/c1-12-4-5-13(3-2-6-16)11-14(12)15(19)17-18-7-9-20-10-8-18/h4-5,11H,6-10,16H2,1H3,(H,17,19). The third kappa shape index (κ3) is 3.81. The number of nitrogens with two attached hydrogens (primary N) is 1. The van der Waals surface area contributed by atoms with E-state index >= 15 is 0 Å². The first-order valence-corrected chi connectivity index (χ1v) is 6.64. The van der Waals surface area contributed by atoms with E-state index in [-0.39, 0.29) is 5.91 Å². The predicted molar refractivity (Wildman–Crippen MR) is 77.0 cm³/mol. The lowest BCUT2D eigenvalue weighted by Crippen LogP contribution is -2.48. The number of rotatable bonds is 2. The lowest BCUT2D eigenvalue weighted by Gasteiger charge is -2.27. The van der Waals surface area contributed by atoms with Crippen LogP contribution in [0.4, 0.5) is 0 Å². The molecule has 1 fully saturated rings. The second-order valence-electron chi connectivity index (χ2n) is 4.58. The van der Waals surface area contributed by atoms with E-state index in [1.165, 1.54) is 0 Å². The number of nitrogens with zero attached hydrogens (tertiary/aromatic N) is 1. The smallest absolute Gasteiger partial charge is 0.265 e. The van der Waals surface area contributed by atoms with Gasteiger partial charge in [-0.1, -0.05) is 17.9 Å². The third-order valence-corrected chi connectivity index (χ3v) is 3.09. The molecule has 1 aromatic rings. The summed E-state index contributed by atoms with van der Waals surface area (Å²) >= 11 is 0. The molecule has 0 atom stereocenters. The van der Waals surface area contributed by atoms with E-state index in [0.717, 1.165) is 11.1 Å². The van der Waals surface area contributed by atoms with Gasteiger partial charge in [0.2, 0.25) is 0 Å². The number of nitrogens with one attached hydrogen (secondary N) is 1. The average Bonchev–Trinajstić information content (AvgIpc) is 2.47. The summed E-state index contributed by atoms with van der Waals surface area (Å²) in [6, 6.07) is 5.59. The van der Waals surface area contributed by atoms with Gasteiger partial charge in [-0.05, 0) is 24.6 Å². The normalized spacial score (nSPS) is 15.3. The first-order chi connectivity index (χ1) is 9.70. The Labute approximate surface area is 119 Å². The highest BCUT2D eigenvalue weighted by Crippen LogP contribution is 2.11. The molecule has 1 aromatic carbocycles. The molecular weight excluding hydrogens is 254 g/mol. The van der Waals surface area contributed by atoms with E-state index in [0.29, 0.717) is 38.4 Å². The van der Waals surface area contributed by atoms with E-state index < -0.39 is 0 Å². The van der Waals surface area contributed by atoms with Crippen molar-refractivity contribution in [3.8, 4) is 11.8 Å². The van der Waals surface area contributed by atoms with Gasteiger partial charge in [0.1, 0.15) is 0 Å². The number of carbonyl (C=O) groups is 1. The fraction of sp³-hybridized carbons (Fsp3) is 0.400. The average molecular weight is 273 g/mol. The van der Waals surface area contributed by atoms with Crippen LogP contribution in [0, 0.1) is 18.8 Å². The molecule has 0 spiro atoms. The summed E-state index contributed by atoms with van der Waals surface area (Å²) in [7, 11) is 0. The van der Waals surface area contributed by atoms with Gasteiger partial charge in [0, 0.05) is 24.2 Å². The fourth-order valence-electron chi connectivity index (χ4n) is 1.98. The summed E-state index contributed by atoms with van der Waals surface area (Å²) in [6.07, 6.45) is 0. The highest BCUT2D eigenvalue weighted by Gasteiger charge is 2.15. The quantitative estimate of drug-likeness (QED) is 0.760. The lowest BCUT2D eigenvalue weighted by atomic mass is 10.0. The number of hydrogen-bond donors (Lipinski definition) is 2. The number of aryl methyl sites for hydroxylation is 1. The molecule has 1 aliphatic heterocycles. The maximum Gasteiger partial charge on any atom is 0.265 e. The number of benzene rings is 1. The second kappa shape index (κ2) is 7.06. The molecule has 20 heavy (non-hydrogen) atoms. The van der Waals surface area contributed by atoms with Crippen molar-refractivity contribution in [2.24, 2.45) is 5.73 Å². The predicted octanol–water partition coefficient (Wildman–Crippen LogP) is 0.282. The number of hydrogen-bond acceptors (Lipinski definition) is 4. The Morgan fingerprint density at radius 1 is 1.45 bits per heavy atom. The minimum absolute atomic E-state index is 0.110. The molecule has 2 rings (SSSR count). The van der Waals surface area contributed by atoms with Crippen molar-refractivity contribution in [3.63, 3.8) is 0 Å². The minimum Gasteiger partial charge on any atom is -0.379 e. The topological polar surface area (TPSA) is 67.6 Å². The van der Waals surface area contributed by atoms with Gasteiger partial charge in [-0.2, -0.15) is 0 Å². The van der Waals surface area contributed by atoms with Crippen molar-refractivity contribution in [3.05, 3.63) is 34.9 Å². The molecule has 1 heterocycles. The number of ether oxygens (including phenoxy) is 1. The fourth-order valence-corrected chi connectivity index (χ4v) is 1.98. The molecule has 0 saturated carbocycles. The SMILES string of the molecule is Cc1ccc(C#CCN)cc1C(=O)NN1CCOCC1. The van der Waals surface area contributed by atoms with Gasteiger partial charge >= 0.3 is 0 Å². The van der Waals surface area contributed by atoms with Crippen molar-refractivity contribution in [1.29, 1.82) is 0 Å². The maximum absolute atomic E-state index is 12.3. The van der Waals surface area contributed by atoms with E-state index in [2.05, 4.69) is 17.3 Å². The van der Waals surface area contributed by atoms with E-state index in [4.69, 9.17) is 10.5 Å². The Morgan fingerprint density at radius 3 is 2.90 bits per heavy atom. The highest BCUT2D eigenvalue weighted by atomic mass is 16.5. The molecule has 0 unspecified atom stereocenters. The largest absolute Gasteiger partial charge is 0.379 e. The van der Waals surface area contributed by atoms with Crippen molar-refractivity contribution in [1.82, 2.24) is 10.4 Å². The van der Waals surface area contributed by atoms with Crippen LogP contribution < -0.4 is 11.2 Å². The summed E-state index contributed by atoms with van der Waals surface area (Å²) in [4.78, 5) is 12.3. The number of carbonyl (C=O) groups excluding carboxylic acids is 1. The Bertz CT molecular complexity index is 540. The number of amides is 1. The second-order valence-corrected chi connectivity index (χ2v) is 4.58.